The van der Waals surface area contributed by atoms with Gasteiger partial charge in [0.05, 0.1) is 35.5 Å². The molecule has 2 aromatic carbocycles. The van der Waals surface area contributed by atoms with E-state index in [4.69, 9.17) is 4.74 Å². The smallest absolute Gasteiger partial charge is 0.416 e. The number of anilines is 1. The van der Waals surface area contributed by atoms with Crippen LogP contribution in [0.15, 0.2) is 83.8 Å². The molecular formula is C30H30F3N3O2. The van der Waals surface area contributed by atoms with Gasteiger partial charge in [-0.15, -0.1) is 6.58 Å². The number of nitriles is 1. The first-order chi connectivity index (χ1) is 18.2. The summed E-state index contributed by atoms with van der Waals surface area (Å²) in [6.45, 7) is 8.18. The molecule has 1 aliphatic carbocycles. The molecule has 0 saturated heterocycles. The molecule has 2 aliphatic rings. The number of hydrogen-bond donors (Lipinski definition) is 0. The molecule has 2 aromatic rings. The first kappa shape index (κ1) is 27.1. The predicted octanol–water partition coefficient (Wildman–Crippen LogP) is 7.88. The fraction of sp³-hybridized carbons (Fsp3) is 0.333. The molecule has 38 heavy (non-hydrogen) atoms. The Morgan fingerprint density at radius 2 is 1.92 bits per heavy atom. The van der Waals surface area contributed by atoms with Crippen LogP contribution in [0.1, 0.15) is 62.3 Å². The minimum atomic E-state index is -4.55. The van der Waals surface area contributed by atoms with Crippen molar-refractivity contribution >= 4 is 11.7 Å². The number of alkyl halides is 3. The summed E-state index contributed by atoms with van der Waals surface area (Å²) < 4.78 is 46.9. The van der Waals surface area contributed by atoms with Crippen molar-refractivity contribution in [1.82, 2.24) is 4.90 Å². The number of carbonyl (C=O) groups excluding carboxylic acids is 1. The average Bonchev–Trinajstić information content (AvgIpc) is 3.74. The molecule has 0 spiro atoms. The van der Waals surface area contributed by atoms with Gasteiger partial charge < -0.3 is 9.64 Å². The summed E-state index contributed by atoms with van der Waals surface area (Å²) in [5, 5.41) is 9.30. The van der Waals surface area contributed by atoms with Gasteiger partial charge in [-0.05, 0) is 81.0 Å². The van der Waals surface area contributed by atoms with Crippen molar-refractivity contribution in [3.8, 4) is 6.07 Å². The van der Waals surface area contributed by atoms with Crippen molar-refractivity contribution in [3.63, 3.8) is 0 Å². The predicted molar refractivity (Wildman–Crippen MR) is 140 cm³/mol. The molecule has 2 amide bonds. The zero-order valence-electron chi connectivity index (χ0n) is 21.5. The molecule has 0 radical (unpaired) electrons. The zero-order chi connectivity index (χ0) is 27.4. The topological polar surface area (TPSA) is 56.6 Å². The maximum absolute atomic E-state index is 14.1. The highest BCUT2D eigenvalue weighted by Crippen LogP contribution is 2.47. The normalized spacial score (nSPS) is 17.4. The largest absolute Gasteiger partial charge is 0.493 e. The van der Waals surface area contributed by atoms with E-state index in [2.05, 4.69) is 12.6 Å². The van der Waals surface area contributed by atoms with E-state index in [9.17, 15) is 23.2 Å². The summed E-state index contributed by atoms with van der Waals surface area (Å²) >= 11 is 0. The first-order valence-electron chi connectivity index (χ1n) is 12.7. The molecule has 0 N–H and O–H groups in total. The van der Waals surface area contributed by atoms with Crippen molar-refractivity contribution in [1.29, 1.82) is 5.26 Å². The van der Waals surface area contributed by atoms with Gasteiger partial charge in [0, 0.05) is 17.8 Å². The highest BCUT2D eigenvalue weighted by molar-refractivity contribution is 5.97. The third kappa shape index (κ3) is 5.47. The lowest BCUT2D eigenvalue weighted by molar-refractivity contribution is -0.137. The Hall–Kier alpha value is -3.99. The molecule has 5 nitrogen and oxygen atoms in total. The van der Waals surface area contributed by atoms with E-state index in [0.717, 1.165) is 41.7 Å². The number of halogens is 3. The van der Waals surface area contributed by atoms with Crippen LogP contribution in [0.5, 0.6) is 0 Å². The Morgan fingerprint density at radius 1 is 1.21 bits per heavy atom. The zero-order valence-corrected chi connectivity index (χ0v) is 21.5. The van der Waals surface area contributed by atoms with Crippen molar-refractivity contribution in [2.45, 2.75) is 51.7 Å². The summed E-state index contributed by atoms with van der Waals surface area (Å²) in [7, 11) is 0. The number of ether oxygens (including phenoxy) is 1. The van der Waals surface area contributed by atoms with Crippen molar-refractivity contribution in [2.24, 2.45) is 0 Å². The van der Waals surface area contributed by atoms with Gasteiger partial charge in [0.15, 0.2) is 0 Å². The standard InChI is InChI=1S/C30H30F3N3O2/c1-4-6-7-17-35-27(22-13-11-21(19-34)12-14-22)26(28(38-5-2)23-15-16-23)20(3)36(29(35)37)25-10-8-9-24(18-25)30(31,32)33/h4,8-14,18,27H,1,5-7,15-17H2,2-3H3. The third-order valence-corrected chi connectivity index (χ3v) is 6.70. The minimum Gasteiger partial charge on any atom is -0.493 e. The molecule has 198 valence electrons. The molecule has 1 unspecified atom stereocenters. The number of carbonyl (C=O) groups is 1. The van der Waals surface area contributed by atoms with E-state index in [1.165, 1.54) is 17.0 Å². The second-order valence-corrected chi connectivity index (χ2v) is 9.29. The number of nitrogens with zero attached hydrogens (tertiary/aromatic N) is 3. The maximum atomic E-state index is 14.1. The van der Waals surface area contributed by atoms with E-state index in [0.29, 0.717) is 43.0 Å². The Bertz CT molecular complexity index is 1310. The molecule has 1 saturated carbocycles. The fourth-order valence-corrected chi connectivity index (χ4v) is 4.79. The van der Waals surface area contributed by atoms with E-state index < -0.39 is 23.8 Å². The second kappa shape index (κ2) is 11.2. The number of hydrogen-bond acceptors (Lipinski definition) is 3. The molecule has 0 aromatic heterocycles. The van der Waals surface area contributed by atoms with Crippen LogP contribution in [0.3, 0.4) is 0 Å². The van der Waals surface area contributed by atoms with Gasteiger partial charge in [0.1, 0.15) is 5.76 Å². The average molecular weight is 522 g/mol. The van der Waals surface area contributed by atoms with Crippen molar-refractivity contribution in [2.75, 3.05) is 18.1 Å². The lowest BCUT2D eigenvalue weighted by Crippen LogP contribution is -2.50. The monoisotopic (exact) mass is 521 g/mol. The molecule has 1 aliphatic heterocycles. The number of benzene rings is 2. The van der Waals surface area contributed by atoms with E-state index in [-0.39, 0.29) is 5.69 Å². The van der Waals surface area contributed by atoms with Gasteiger partial charge in [0.2, 0.25) is 0 Å². The number of rotatable bonds is 9. The van der Waals surface area contributed by atoms with E-state index >= 15 is 0 Å². The number of amides is 2. The van der Waals surface area contributed by atoms with Gasteiger partial charge in [-0.2, -0.15) is 18.4 Å². The summed E-state index contributed by atoms with van der Waals surface area (Å²) in [5.41, 5.74) is 2.99. The van der Waals surface area contributed by atoms with Crippen LogP contribution in [0, 0.1) is 11.3 Å². The third-order valence-electron chi connectivity index (χ3n) is 6.70. The molecule has 8 heteroatoms. The van der Waals surface area contributed by atoms with Crippen LogP contribution < -0.4 is 4.90 Å². The van der Waals surface area contributed by atoms with Crippen molar-refractivity contribution in [3.05, 3.63) is 100 Å². The molecule has 0 bridgehead atoms. The lowest BCUT2D eigenvalue weighted by Gasteiger charge is -2.44. The van der Waals surface area contributed by atoms with Crippen molar-refractivity contribution < 1.29 is 22.7 Å². The van der Waals surface area contributed by atoms with Crippen LogP contribution in [-0.4, -0.2) is 24.1 Å². The SMILES string of the molecule is C=CCCCN1C(=O)N(c2cccc(C(F)(F)F)c2)C(C)=C(C(OCC)=C2CC2)C1c1ccc(C#N)cc1. The molecule has 1 atom stereocenters. The molecule has 1 fully saturated rings. The summed E-state index contributed by atoms with van der Waals surface area (Å²) in [6, 6.07) is 13.1. The first-order valence-corrected chi connectivity index (χ1v) is 12.7. The highest BCUT2D eigenvalue weighted by atomic mass is 19.4. The molecular weight excluding hydrogens is 491 g/mol. The number of unbranched alkanes of at least 4 members (excludes halogenated alkanes) is 1. The Morgan fingerprint density at radius 3 is 2.50 bits per heavy atom. The Balaban J connectivity index is 1.96. The minimum absolute atomic E-state index is 0.142. The van der Waals surface area contributed by atoms with Gasteiger partial charge in [-0.3, -0.25) is 4.90 Å². The Labute approximate surface area is 221 Å². The van der Waals surface area contributed by atoms with Gasteiger partial charge in [-0.25, -0.2) is 4.79 Å². The quantitative estimate of drug-likeness (QED) is 0.192. The fourth-order valence-electron chi connectivity index (χ4n) is 4.79. The molecule has 1 heterocycles. The van der Waals surface area contributed by atoms with Crippen LogP contribution in [0.4, 0.5) is 23.7 Å². The number of allylic oxidation sites excluding steroid dienone is 3. The van der Waals surface area contributed by atoms with Crippen LogP contribution >= 0.6 is 0 Å². The van der Waals surface area contributed by atoms with E-state index in [1.807, 2.05) is 19.1 Å². The van der Waals surface area contributed by atoms with Gasteiger partial charge in [0.25, 0.3) is 0 Å². The summed E-state index contributed by atoms with van der Waals surface area (Å²) in [6.07, 6.45) is 0.252. The van der Waals surface area contributed by atoms with Crippen LogP contribution in [0.25, 0.3) is 0 Å². The number of urea groups is 1. The van der Waals surface area contributed by atoms with E-state index in [1.54, 1.807) is 30.0 Å². The second-order valence-electron chi connectivity index (χ2n) is 9.29. The van der Waals surface area contributed by atoms with Crippen LogP contribution in [0.2, 0.25) is 0 Å². The van der Waals surface area contributed by atoms with Gasteiger partial charge in [-0.1, -0.05) is 24.3 Å². The van der Waals surface area contributed by atoms with Crippen LogP contribution in [-0.2, 0) is 10.9 Å². The molecule has 4 rings (SSSR count). The van der Waals surface area contributed by atoms with Gasteiger partial charge >= 0.3 is 12.2 Å². The highest BCUT2D eigenvalue weighted by Gasteiger charge is 2.43. The Kier molecular flexibility index (Phi) is 7.96. The summed E-state index contributed by atoms with van der Waals surface area (Å²) in [5.74, 6) is 0.692. The lowest BCUT2D eigenvalue weighted by atomic mass is 9.90. The maximum Gasteiger partial charge on any atom is 0.416 e. The summed E-state index contributed by atoms with van der Waals surface area (Å²) in [4.78, 5) is 17.2.